The molecule has 0 N–H and O–H groups in total. The van der Waals surface area contributed by atoms with Gasteiger partial charge in [-0.15, -0.1) is 11.6 Å². The van der Waals surface area contributed by atoms with Crippen LogP contribution in [-0.2, 0) is 4.79 Å². The Morgan fingerprint density at radius 2 is 1.93 bits per heavy atom. The van der Waals surface area contributed by atoms with E-state index in [2.05, 4.69) is 6.92 Å². The van der Waals surface area contributed by atoms with Gasteiger partial charge in [0.2, 0.25) is 5.91 Å². The molecule has 0 aliphatic heterocycles. The first-order valence-corrected chi connectivity index (χ1v) is 6.13. The van der Waals surface area contributed by atoms with Crippen LogP contribution in [-0.4, -0.2) is 29.8 Å². The van der Waals surface area contributed by atoms with Gasteiger partial charge in [0.25, 0.3) is 0 Å². The van der Waals surface area contributed by atoms with Crippen LogP contribution in [0.4, 0.5) is 0 Å². The Hall–Kier alpha value is -0.240. The van der Waals surface area contributed by atoms with Gasteiger partial charge in [0, 0.05) is 25.4 Å². The highest BCUT2D eigenvalue weighted by Crippen LogP contribution is 2.05. The Morgan fingerprint density at radius 3 is 2.43 bits per heavy atom. The van der Waals surface area contributed by atoms with Crippen LogP contribution in [0.15, 0.2) is 0 Å². The minimum atomic E-state index is 0.254. The van der Waals surface area contributed by atoms with Crippen LogP contribution in [0, 0.1) is 0 Å². The summed E-state index contributed by atoms with van der Waals surface area (Å²) in [6.07, 6.45) is 5.32. The maximum atomic E-state index is 11.6. The van der Waals surface area contributed by atoms with Crippen molar-refractivity contribution in [2.75, 3.05) is 19.0 Å². The molecule has 2 nitrogen and oxygen atoms in total. The number of rotatable bonds is 8. The molecule has 0 aromatic rings. The van der Waals surface area contributed by atoms with Crippen LogP contribution in [0.1, 0.15) is 46.0 Å². The molecule has 0 heterocycles. The molecule has 84 valence electrons. The molecule has 0 bridgehead atoms. The van der Waals surface area contributed by atoms with Crippen LogP contribution in [0.25, 0.3) is 0 Å². The molecule has 0 saturated heterocycles. The van der Waals surface area contributed by atoms with E-state index < -0.39 is 0 Å². The zero-order chi connectivity index (χ0) is 10.8. The van der Waals surface area contributed by atoms with E-state index in [1.54, 1.807) is 0 Å². The standard InChI is InChI=1S/C11H22ClNO/c1-3-5-6-7-8-11(14)13(4-2)10-9-12/h3-10H2,1-2H3. The van der Waals surface area contributed by atoms with E-state index in [4.69, 9.17) is 11.6 Å². The Morgan fingerprint density at radius 1 is 1.21 bits per heavy atom. The summed E-state index contributed by atoms with van der Waals surface area (Å²) in [6.45, 7) is 5.63. The van der Waals surface area contributed by atoms with E-state index >= 15 is 0 Å². The Labute approximate surface area is 92.6 Å². The first-order chi connectivity index (χ1) is 6.76. The summed E-state index contributed by atoms with van der Waals surface area (Å²) in [4.78, 5) is 13.4. The van der Waals surface area contributed by atoms with Gasteiger partial charge in [0.15, 0.2) is 0 Å². The van der Waals surface area contributed by atoms with Gasteiger partial charge in [-0.25, -0.2) is 0 Å². The quantitative estimate of drug-likeness (QED) is 0.454. The highest BCUT2D eigenvalue weighted by molar-refractivity contribution is 6.18. The predicted molar refractivity (Wildman–Crippen MR) is 61.7 cm³/mol. The molecule has 0 spiro atoms. The van der Waals surface area contributed by atoms with Gasteiger partial charge in [0.1, 0.15) is 0 Å². The van der Waals surface area contributed by atoms with Crippen LogP contribution < -0.4 is 0 Å². The van der Waals surface area contributed by atoms with Crippen LogP contribution in [0.2, 0.25) is 0 Å². The lowest BCUT2D eigenvalue weighted by Gasteiger charge is -2.19. The number of nitrogens with zero attached hydrogens (tertiary/aromatic N) is 1. The molecular formula is C11H22ClNO. The third-order valence-corrected chi connectivity index (χ3v) is 2.50. The lowest BCUT2D eigenvalue weighted by molar-refractivity contribution is -0.130. The summed E-state index contributed by atoms with van der Waals surface area (Å²) < 4.78 is 0. The highest BCUT2D eigenvalue weighted by Gasteiger charge is 2.09. The van der Waals surface area contributed by atoms with E-state index in [1.165, 1.54) is 19.3 Å². The second-order valence-corrected chi connectivity index (χ2v) is 3.85. The van der Waals surface area contributed by atoms with Gasteiger partial charge in [-0.3, -0.25) is 4.79 Å². The summed E-state index contributed by atoms with van der Waals surface area (Å²) in [6, 6.07) is 0. The van der Waals surface area contributed by atoms with Crippen LogP contribution in [0.5, 0.6) is 0 Å². The molecule has 0 unspecified atom stereocenters. The normalized spacial score (nSPS) is 10.2. The molecule has 0 radical (unpaired) electrons. The molecule has 1 amide bonds. The average molecular weight is 220 g/mol. The molecular weight excluding hydrogens is 198 g/mol. The average Bonchev–Trinajstić information content (AvgIpc) is 2.20. The fourth-order valence-electron chi connectivity index (χ4n) is 1.42. The molecule has 0 aromatic heterocycles. The molecule has 0 aromatic carbocycles. The van der Waals surface area contributed by atoms with Crippen molar-refractivity contribution in [1.29, 1.82) is 0 Å². The number of hydrogen-bond donors (Lipinski definition) is 0. The van der Waals surface area contributed by atoms with Crippen molar-refractivity contribution < 1.29 is 4.79 Å². The Bertz CT molecular complexity index is 150. The number of halogens is 1. The number of hydrogen-bond acceptors (Lipinski definition) is 1. The van der Waals surface area contributed by atoms with Crippen molar-refractivity contribution in [3.05, 3.63) is 0 Å². The van der Waals surface area contributed by atoms with E-state index in [0.29, 0.717) is 18.8 Å². The van der Waals surface area contributed by atoms with E-state index in [-0.39, 0.29) is 5.91 Å². The molecule has 0 aliphatic rings. The van der Waals surface area contributed by atoms with Crippen LogP contribution >= 0.6 is 11.6 Å². The fourth-order valence-corrected chi connectivity index (χ4v) is 1.63. The Balaban J connectivity index is 3.58. The third-order valence-electron chi connectivity index (χ3n) is 2.33. The SMILES string of the molecule is CCCCCCC(=O)N(CC)CCCl. The van der Waals surface area contributed by atoms with E-state index in [9.17, 15) is 4.79 Å². The highest BCUT2D eigenvalue weighted by atomic mass is 35.5. The number of carbonyl (C=O) groups excluding carboxylic acids is 1. The molecule has 0 atom stereocenters. The molecule has 0 aliphatic carbocycles. The van der Waals surface area contributed by atoms with Crippen molar-refractivity contribution in [3.63, 3.8) is 0 Å². The van der Waals surface area contributed by atoms with Crippen molar-refractivity contribution in [2.24, 2.45) is 0 Å². The number of carbonyl (C=O) groups is 1. The maximum absolute atomic E-state index is 11.6. The van der Waals surface area contributed by atoms with Gasteiger partial charge in [-0.1, -0.05) is 26.2 Å². The van der Waals surface area contributed by atoms with Gasteiger partial charge >= 0.3 is 0 Å². The van der Waals surface area contributed by atoms with E-state index in [0.717, 1.165) is 13.0 Å². The molecule has 0 fully saturated rings. The summed E-state index contributed by atoms with van der Waals surface area (Å²) in [5, 5.41) is 0. The number of amides is 1. The molecule has 0 saturated carbocycles. The third kappa shape index (κ3) is 6.25. The van der Waals surface area contributed by atoms with Crippen molar-refractivity contribution in [3.8, 4) is 0 Å². The second kappa shape index (κ2) is 9.32. The Kier molecular flexibility index (Phi) is 9.16. The zero-order valence-electron chi connectivity index (χ0n) is 9.39. The number of unbranched alkanes of at least 4 members (excludes halogenated alkanes) is 3. The second-order valence-electron chi connectivity index (χ2n) is 3.47. The lowest BCUT2D eigenvalue weighted by atomic mass is 10.1. The van der Waals surface area contributed by atoms with Gasteiger partial charge in [-0.2, -0.15) is 0 Å². The van der Waals surface area contributed by atoms with Gasteiger partial charge in [0.05, 0.1) is 0 Å². The zero-order valence-corrected chi connectivity index (χ0v) is 10.1. The largest absolute Gasteiger partial charge is 0.342 e. The lowest BCUT2D eigenvalue weighted by Crippen LogP contribution is -2.32. The minimum absolute atomic E-state index is 0.254. The van der Waals surface area contributed by atoms with E-state index in [1.807, 2.05) is 11.8 Å². The van der Waals surface area contributed by atoms with Crippen molar-refractivity contribution >= 4 is 17.5 Å². The van der Waals surface area contributed by atoms with Crippen LogP contribution in [0.3, 0.4) is 0 Å². The minimum Gasteiger partial charge on any atom is -0.342 e. The van der Waals surface area contributed by atoms with Crippen molar-refractivity contribution in [2.45, 2.75) is 46.0 Å². The maximum Gasteiger partial charge on any atom is 0.222 e. The first-order valence-electron chi connectivity index (χ1n) is 5.60. The van der Waals surface area contributed by atoms with Gasteiger partial charge in [-0.05, 0) is 13.3 Å². The van der Waals surface area contributed by atoms with Gasteiger partial charge < -0.3 is 4.90 Å². The fraction of sp³-hybridized carbons (Fsp3) is 0.909. The summed E-state index contributed by atoms with van der Waals surface area (Å²) in [7, 11) is 0. The summed E-state index contributed by atoms with van der Waals surface area (Å²) in [5.74, 6) is 0.790. The summed E-state index contributed by atoms with van der Waals surface area (Å²) in [5.41, 5.74) is 0. The smallest absolute Gasteiger partial charge is 0.222 e. The topological polar surface area (TPSA) is 20.3 Å². The first kappa shape index (κ1) is 13.8. The molecule has 14 heavy (non-hydrogen) atoms. The monoisotopic (exact) mass is 219 g/mol. The number of alkyl halides is 1. The molecule has 0 rings (SSSR count). The summed E-state index contributed by atoms with van der Waals surface area (Å²) >= 11 is 5.61. The predicted octanol–water partition coefficient (Wildman–Crippen LogP) is 3.04. The molecule has 3 heteroatoms. The van der Waals surface area contributed by atoms with Crippen molar-refractivity contribution in [1.82, 2.24) is 4.90 Å².